The van der Waals surface area contributed by atoms with Crippen molar-refractivity contribution in [2.24, 2.45) is 5.10 Å². The largest absolute Gasteiger partial charge is 0.493 e. The molecule has 134 valence electrons. The zero-order valence-corrected chi connectivity index (χ0v) is 15.4. The van der Waals surface area contributed by atoms with Gasteiger partial charge in [0.25, 0.3) is 0 Å². The molecule has 0 atom stereocenters. The van der Waals surface area contributed by atoms with Crippen LogP contribution in [0.2, 0.25) is 0 Å². The fourth-order valence-electron chi connectivity index (χ4n) is 2.20. The van der Waals surface area contributed by atoms with Gasteiger partial charge in [-0.15, -0.1) is 0 Å². The quantitative estimate of drug-likeness (QED) is 0.548. The fraction of sp³-hybridized carbons (Fsp3) is 0.421. The second-order valence-corrected chi connectivity index (χ2v) is 5.74. The Balaban J connectivity index is 2.12. The maximum atomic E-state index is 5.82. The molecule has 1 N–H and O–H groups in total. The summed E-state index contributed by atoms with van der Waals surface area (Å²) in [7, 11) is 0. The summed E-state index contributed by atoms with van der Waals surface area (Å²) >= 11 is 0. The van der Waals surface area contributed by atoms with E-state index in [-0.39, 0.29) is 0 Å². The van der Waals surface area contributed by atoms with Crippen LogP contribution in [0.15, 0.2) is 29.4 Å². The van der Waals surface area contributed by atoms with Crippen LogP contribution in [0.3, 0.4) is 0 Å². The van der Waals surface area contributed by atoms with Gasteiger partial charge < -0.3 is 9.47 Å². The first-order chi connectivity index (χ1) is 12.1. The van der Waals surface area contributed by atoms with Crippen LogP contribution >= 0.6 is 0 Å². The molecule has 1 aromatic carbocycles. The van der Waals surface area contributed by atoms with E-state index in [0.29, 0.717) is 19.2 Å². The molecule has 0 saturated carbocycles. The molecule has 0 radical (unpaired) electrons. The molecule has 2 rings (SSSR count). The molecule has 0 saturated heterocycles. The third-order valence-electron chi connectivity index (χ3n) is 3.27. The number of hydrazone groups is 1. The molecule has 6 nitrogen and oxygen atoms in total. The second-order valence-electron chi connectivity index (χ2n) is 5.74. The number of nitrogens with one attached hydrogen (secondary N) is 1. The monoisotopic (exact) mass is 342 g/mol. The zero-order chi connectivity index (χ0) is 18.1. The molecule has 2 aromatic rings. The van der Waals surface area contributed by atoms with Gasteiger partial charge in [-0.25, -0.2) is 15.4 Å². The van der Waals surface area contributed by atoms with E-state index in [0.717, 1.165) is 41.3 Å². The van der Waals surface area contributed by atoms with Crippen LogP contribution in [0, 0.1) is 13.8 Å². The van der Waals surface area contributed by atoms with E-state index >= 15 is 0 Å². The molecule has 0 aliphatic rings. The first-order valence-corrected chi connectivity index (χ1v) is 8.63. The zero-order valence-electron chi connectivity index (χ0n) is 15.4. The van der Waals surface area contributed by atoms with Crippen molar-refractivity contribution in [1.29, 1.82) is 0 Å². The van der Waals surface area contributed by atoms with Crippen LogP contribution in [0.4, 0.5) is 5.95 Å². The summed E-state index contributed by atoms with van der Waals surface area (Å²) in [4.78, 5) is 8.60. The van der Waals surface area contributed by atoms with Crippen molar-refractivity contribution in [3.8, 4) is 11.5 Å². The number of nitrogens with zero attached hydrogens (tertiary/aromatic N) is 3. The fourth-order valence-corrected chi connectivity index (χ4v) is 2.20. The highest BCUT2D eigenvalue weighted by Gasteiger charge is 2.05. The lowest BCUT2D eigenvalue weighted by molar-refractivity contribution is 0.301. The Labute approximate surface area is 149 Å². The highest BCUT2D eigenvalue weighted by molar-refractivity contribution is 5.84. The second kappa shape index (κ2) is 9.61. The lowest BCUT2D eigenvalue weighted by atomic mass is 10.2. The number of ether oxygens (including phenoxy) is 2. The minimum atomic E-state index is 0.479. The van der Waals surface area contributed by atoms with Crippen LogP contribution < -0.4 is 14.9 Å². The summed E-state index contributed by atoms with van der Waals surface area (Å²) in [6, 6.07) is 7.67. The third-order valence-corrected chi connectivity index (χ3v) is 3.27. The lowest BCUT2D eigenvalue weighted by Crippen LogP contribution is -2.02. The van der Waals surface area contributed by atoms with E-state index in [4.69, 9.17) is 9.47 Å². The summed E-state index contributed by atoms with van der Waals surface area (Å²) < 4.78 is 11.5. The number of aryl methyl sites for hydroxylation is 2. The van der Waals surface area contributed by atoms with Gasteiger partial charge >= 0.3 is 0 Å². The summed E-state index contributed by atoms with van der Waals surface area (Å²) in [5.74, 6) is 2.03. The summed E-state index contributed by atoms with van der Waals surface area (Å²) in [6.07, 6.45) is 3.61. The molecule has 0 aliphatic carbocycles. The topological polar surface area (TPSA) is 68.6 Å². The molecule has 0 bridgehead atoms. The van der Waals surface area contributed by atoms with Gasteiger partial charge in [-0.1, -0.05) is 13.8 Å². The summed E-state index contributed by atoms with van der Waals surface area (Å²) in [5.41, 5.74) is 5.53. The van der Waals surface area contributed by atoms with E-state index in [9.17, 15) is 0 Å². The third kappa shape index (κ3) is 6.06. The molecule has 1 aromatic heterocycles. The summed E-state index contributed by atoms with van der Waals surface area (Å²) in [6.45, 7) is 9.34. The molecular formula is C19H26N4O2. The molecule has 0 unspecified atom stereocenters. The van der Waals surface area contributed by atoms with Gasteiger partial charge in [-0.3, -0.25) is 0 Å². The molecular weight excluding hydrogens is 316 g/mol. The van der Waals surface area contributed by atoms with E-state index < -0.39 is 0 Å². The van der Waals surface area contributed by atoms with Crippen molar-refractivity contribution in [1.82, 2.24) is 9.97 Å². The number of anilines is 1. The number of aromatic nitrogens is 2. The summed E-state index contributed by atoms with van der Waals surface area (Å²) in [5, 5.41) is 4.23. The van der Waals surface area contributed by atoms with Gasteiger partial charge in [-0.05, 0) is 44.9 Å². The normalized spacial score (nSPS) is 10.9. The minimum Gasteiger partial charge on any atom is -0.493 e. The predicted octanol–water partition coefficient (Wildman–Crippen LogP) is 4.12. The Hall–Kier alpha value is -2.63. The first-order valence-electron chi connectivity index (χ1n) is 8.63. The molecule has 6 heteroatoms. The Bertz CT molecular complexity index is 696. The van der Waals surface area contributed by atoms with Gasteiger partial charge in [0.05, 0.1) is 19.4 Å². The number of hydrogen-bond donors (Lipinski definition) is 1. The lowest BCUT2D eigenvalue weighted by Gasteiger charge is -2.11. The Morgan fingerprint density at radius 3 is 2.36 bits per heavy atom. The van der Waals surface area contributed by atoms with Crippen LogP contribution in [0.1, 0.15) is 43.6 Å². The molecule has 25 heavy (non-hydrogen) atoms. The number of rotatable bonds is 9. The molecule has 0 amide bonds. The molecule has 1 heterocycles. The number of benzene rings is 1. The van der Waals surface area contributed by atoms with Crippen molar-refractivity contribution in [3.63, 3.8) is 0 Å². The number of hydrogen-bond acceptors (Lipinski definition) is 6. The minimum absolute atomic E-state index is 0.479. The van der Waals surface area contributed by atoms with Crippen LogP contribution in [-0.2, 0) is 0 Å². The van der Waals surface area contributed by atoms with Crippen molar-refractivity contribution in [2.45, 2.75) is 40.5 Å². The Kier molecular flexibility index (Phi) is 7.19. The van der Waals surface area contributed by atoms with E-state index in [1.807, 2.05) is 38.1 Å². The van der Waals surface area contributed by atoms with Gasteiger partial charge in [0.1, 0.15) is 11.5 Å². The Morgan fingerprint density at radius 1 is 1.00 bits per heavy atom. The van der Waals surface area contributed by atoms with Crippen molar-refractivity contribution in [2.75, 3.05) is 18.6 Å². The smallest absolute Gasteiger partial charge is 0.243 e. The molecule has 0 aliphatic heterocycles. The van der Waals surface area contributed by atoms with E-state index in [2.05, 4.69) is 34.3 Å². The van der Waals surface area contributed by atoms with Crippen molar-refractivity contribution >= 4 is 12.2 Å². The van der Waals surface area contributed by atoms with Gasteiger partial charge in [-0.2, -0.15) is 5.10 Å². The van der Waals surface area contributed by atoms with Crippen LogP contribution in [0.5, 0.6) is 11.5 Å². The maximum absolute atomic E-state index is 5.82. The standard InChI is InChI=1S/C19H26N4O2/c1-5-9-24-17-8-7-16(18(12-17)25-10-6-2)13-20-23-19-21-14(3)11-15(4)22-19/h7-8,11-13H,5-6,9-10H2,1-4H3,(H,21,22,23)/b20-13-. The van der Waals surface area contributed by atoms with Gasteiger partial charge in [0, 0.05) is 23.0 Å². The van der Waals surface area contributed by atoms with Crippen LogP contribution in [0.25, 0.3) is 0 Å². The van der Waals surface area contributed by atoms with Gasteiger partial charge in [0.2, 0.25) is 5.95 Å². The van der Waals surface area contributed by atoms with Gasteiger partial charge in [0.15, 0.2) is 0 Å². The average molecular weight is 342 g/mol. The first kappa shape index (κ1) is 18.7. The molecule has 0 fully saturated rings. The van der Waals surface area contributed by atoms with E-state index in [1.165, 1.54) is 0 Å². The van der Waals surface area contributed by atoms with Crippen molar-refractivity contribution in [3.05, 3.63) is 41.2 Å². The molecule has 0 spiro atoms. The van der Waals surface area contributed by atoms with Crippen LogP contribution in [-0.4, -0.2) is 29.4 Å². The highest BCUT2D eigenvalue weighted by Crippen LogP contribution is 2.24. The highest BCUT2D eigenvalue weighted by atomic mass is 16.5. The van der Waals surface area contributed by atoms with Crippen molar-refractivity contribution < 1.29 is 9.47 Å². The SMILES string of the molecule is CCCOc1ccc(/C=N\Nc2nc(C)cc(C)n2)c(OCCC)c1. The maximum Gasteiger partial charge on any atom is 0.243 e. The average Bonchev–Trinajstić information content (AvgIpc) is 2.58. The Morgan fingerprint density at radius 2 is 1.68 bits per heavy atom. The van der Waals surface area contributed by atoms with E-state index in [1.54, 1.807) is 6.21 Å². The predicted molar refractivity (Wildman–Crippen MR) is 101 cm³/mol.